The summed E-state index contributed by atoms with van der Waals surface area (Å²) < 4.78 is 16.2. The predicted octanol–water partition coefficient (Wildman–Crippen LogP) is 5.87. The van der Waals surface area contributed by atoms with Crippen molar-refractivity contribution in [2.75, 3.05) is 0 Å². The Morgan fingerprint density at radius 1 is 0.650 bits per heavy atom. The Kier molecular flexibility index (Phi) is 2.57. The van der Waals surface area contributed by atoms with E-state index in [2.05, 4.69) is 48.5 Å². The van der Waals surface area contributed by atoms with E-state index in [9.17, 15) is 4.39 Å². The largest absolute Gasteiger partial charge is 0.207 e. The van der Waals surface area contributed by atoms with Crippen molar-refractivity contribution in [3.63, 3.8) is 0 Å². The fourth-order valence-electron chi connectivity index (χ4n) is 2.70. The summed E-state index contributed by atoms with van der Waals surface area (Å²) in [4.78, 5) is 1.04. The second-order valence-electron chi connectivity index (χ2n) is 4.76. The highest BCUT2D eigenvalue weighted by atomic mass is 32.2. The summed E-state index contributed by atoms with van der Waals surface area (Å²) in [5.41, 5.74) is 0. The predicted molar refractivity (Wildman–Crippen MR) is 85.2 cm³/mol. The molecule has 0 nitrogen and oxygen atoms in total. The van der Waals surface area contributed by atoms with E-state index in [0.717, 1.165) is 4.90 Å². The molecule has 0 bridgehead atoms. The van der Waals surface area contributed by atoms with Gasteiger partial charge in [-0.25, -0.2) is 4.39 Å². The van der Waals surface area contributed by atoms with Crippen LogP contribution in [0.25, 0.3) is 25.1 Å². The van der Waals surface area contributed by atoms with Gasteiger partial charge in [0.1, 0.15) is 5.82 Å². The smallest absolute Gasteiger partial charge is 0.187 e. The number of fused-ring (bicyclic) bond motifs is 3. The van der Waals surface area contributed by atoms with Crippen molar-refractivity contribution in [1.29, 1.82) is 0 Å². The second kappa shape index (κ2) is 4.43. The second-order valence-corrected chi connectivity index (χ2v) is 6.72. The Morgan fingerprint density at radius 3 is 1.85 bits per heavy atom. The number of thiophene rings is 1. The average Bonchev–Trinajstić information content (AvgIpc) is 2.82. The van der Waals surface area contributed by atoms with Gasteiger partial charge in [-0.2, -0.15) is 0 Å². The minimum Gasteiger partial charge on any atom is -0.207 e. The van der Waals surface area contributed by atoms with Gasteiger partial charge in [-0.05, 0) is 36.4 Å². The first kappa shape index (κ1) is 11.6. The zero-order chi connectivity index (χ0) is 13.5. The molecule has 0 unspecified atom stereocenters. The van der Waals surface area contributed by atoms with E-state index in [-0.39, 0.29) is 16.3 Å². The van der Waals surface area contributed by atoms with Gasteiger partial charge in [0.2, 0.25) is 0 Å². The van der Waals surface area contributed by atoms with Crippen molar-refractivity contribution in [3.05, 3.63) is 78.6 Å². The first-order valence-corrected chi connectivity index (χ1v) is 7.75. The third-order valence-electron chi connectivity index (χ3n) is 3.54. The van der Waals surface area contributed by atoms with E-state index in [4.69, 9.17) is 0 Å². The third kappa shape index (κ3) is 1.65. The molecule has 0 radical (unpaired) electrons. The summed E-state index contributed by atoms with van der Waals surface area (Å²) in [5.74, 6) is -0.170. The molecule has 20 heavy (non-hydrogen) atoms. The normalized spacial score (nSPS) is 11.2. The van der Waals surface area contributed by atoms with Crippen LogP contribution in [0.3, 0.4) is 0 Å². The van der Waals surface area contributed by atoms with Gasteiger partial charge in [0.25, 0.3) is 0 Å². The minimum atomic E-state index is -0.191. The maximum absolute atomic E-state index is 13.6. The molecule has 4 rings (SSSR count). The van der Waals surface area contributed by atoms with E-state index in [0.29, 0.717) is 0 Å². The maximum atomic E-state index is 13.6. The summed E-state index contributed by atoms with van der Waals surface area (Å²) in [6.07, 6.45) is 0. The quantitative estimate of drug-likeness (QED) is 0.382. The van der Waals surface area contributed by atoms with Crippen LogP contribution >= 0.6 is 10.5 Å². The summed E-state index contributed by atoms with van der Waals surface area (Å²) in [6.45, 7) is 0. The van der Waals surface area contributed by atoms with Gasteiger partial charge in [0.15, 0.2) is 14.3 Å². The Balaban J connectivity index is 2.21. The van der Waals surface area contributed by atoms with Crippen molar-refractivity contribution in [2.45, 2.75) is 0 Å². The fourth-order valence-corrected chi connectivity index (χ4v) is 5.12. The number of hydrogen-bond acceptors (Lipinski definition) is 0. The highest BCUT2D eigenvalue weighted by Gasteiger charge is 2.22. The highest BCUT2D eigenvalue weighted by molar-refractivity contribution is 7.50. The molecule has 2 heteroatoms. The number of rotatable bonds is 1. The molecule has 4 aromatic rings. The molecule has 3 aromatic carbocycles. The molecule has 0 saturated heterocycles. The SMILES string of the molecule is Fc1cccc(-[s+]2c3ccccc3c3ccccc32)c1. The van der Waals surface area contributed by atoms with E-state index < -0.39 is 0 Å². The van der Waals surface area contributed by atoms with Crippen molar-refractivity contribution in [1.82, 2.24) is 0 Å². The third-order valence-corrected chi connectivity index (χ3v) is 5.85. The Bertz CT molecular complexity index is 868. The zero-order valence-electron chi connectivity index (χ0n) is 10.7. The molecule has 0 atom stereocenters. The lowest BCUT2D eigenvalue weighted by Gasteiger charge is -1.93. The van der Waals surface area contributed by atoms with Gasteiger partial charge in [-0.15, -0.1) is 0 Å². The van der Waals surface area contributed by atoms with Crippen molar-refractivity contribution < 1.29 is 4.39 Å². The van der Waals surface area contributed by atoms with E-state index in [1.165, 1.54) is 26.2 Å². The zero-order valence-corrected chi connectivity index (χ0v) is 11.5. The monoisotopic (exact) mass is 279 g/mol. The molecular formula is C18H12FS+. The summed E-state index contributed by atoms with van der Waals surface area (Å²) >= 11 is 0. The molecule has 0 fully saturated rings. The Morgan fingerprint density at radius 2 is 1.25 bits per heavy atom. The molecule has 0 N–H and O–H groups in total. The van der Waals surface area contributed by atoms with Crippen LogP contribution in [-0.2, 0) is 0 Å². The topological polar surface area (TPSA) is 0 Å². The molecule has 0 aliphatic heterocycles. The van der Waals surface area contributed by atoms with Gasteiger partial charge < -0.3 is 0 Å². The summed E-state index contributed by atoms with van der Waals surface area (Å²) in [6, 6.07) is 23.8. The van der Waals surface area contributed by atoms with Crippen LogP contribution in [0.15, 0.2) is 72.8 Å². The van der Waals surface area contributed by atoms with Gasteiger partial charge in [0.05, 0.1) is 0 Å². The molecule has 96 valence electrons. The molecule has 0 saturated carbocycles. The average molecular weight is 279 g/mol. The van der Waals surface area contributed by atoms with Crippen LogP contribution < -0.4 is 0 Å². The minimum absolute atomic E-state index is 0.170. The first-order chi connectivity index (χ1) is 9.84. The molecular weight excluding hydrogens is 267 g/mol. The van der Waals surface area contributed by atoms with Crippen LogP contribution in [0.2, 0.25) is 0 Å². The number of benzene rings is 3. The van der Waals surface area contributed by atoms with E-state index in [1.807, 2.05) is 6.07 Å². The van der Waals surface area contributed by atoms with Crippen LogP contribution in [0.1, 0.15) is 0 Å². The molecule has 1 aromatic heterocycles. The van der Waals surface area contributed by atoms with Gasteiger partial charge in [-0.3, -0.25) is 0 Å². The van der Waals surface area contributed by atoms with Crippen LogP contribution in [-0.4, -0.2) is 0 Å². The molecule has 0 aliphatic rings. The van der Waals surface area contributed by atoms with Gasteiger partial charge in [0, 0.05) is 27.3 Å². The summed E-state index contributed by atoms with van der Waals surface area (Å²) in [7, 11) is -0.191. The van der Waals surface area contributed by atoms with Crippen LogP contribution in [0.5, 0.6) is 0 Å². The lowest BCUT2D eigenvalue weighted by atomic mass is 10.2. The Labute approximate surface area is 119 Å². The molecule has 0 amide bonds. The van der Waals surface area contributed by atoms with Crippen molar-refractivity contribution >= 4 is 30.6 Å². The van der Waals surface area contributed by atoms with E-state index >= 15 is 0 Å². The van der Waals surface area contributed by atoms with Gasteiger partial charge >= 0.3 is 0 Å². The number of hydrogen-bond donors (Lipinski definition) is 0. The van der Waals surface area contributed by atoms with Gasteiger partial charge in [-0.1, -0.05) is 30.3 Å². The number of halogens is 1. The fraction of sp³-hybridized carbons (Fsp3) is 0. The maximum Gasteiger partial charge on any atom is 0.187 e. The van der Waals surface area contributed by atoms with Crippen LogP contribution in [0, 0.1) is 5.82 Å². The lowest BCUT2D eigenvalue weighted by molar-refractivity contribution is 0.629. The highest BCUT2D eigenvalue weighted by Crippen LogP contribution is 2.48. The first-order valence-electron chi connectivity index (χ1n) is 6.53. The molecule has 0 spiro atoms. The van der Waals surface area contributed by atoms with Crippen molar-refractivity contribution in [2.24, 2.45) is 0 Å². The Hall–Kier alpha value is -2.19. The van der Waals surface area contributed by atoms with Crippen LogP contribution in [0.4, 0.5) is 4.39 Å². The lowest BCUT2D eigenvalue weighted by Crippen LogP contribution is -1.74. The molecule has 1 heterocycles. The standard InChI is InChI=1S/C18H12FS/c19-13-6-5-7-14(12-13)20-17-10-3-1-8-15(17)16-9-2-4-11-18(16)20/h1-12H/q+1. The van der Waals surface area contributed by atoms with E-state index in [1.54, 1.807) is 12.1 Å². The summed E-state index contributed by atoms with van der Waals surface area (Å²) in [5, 5.41) is 2.55. The molecule has 0 aliphatic carbocycles. The van der Waals surface area contributed by atoms with Crippen molar-refractivity contribution in [3.8, 4) is 4.90 Å².